The van der Waals surface area contributed by atoms with Crippen LogP contribution in [0.4, 0.5) is 16.2 Å². The molecule has 7 N–H and O–H groups in total. The molecule has 0 unspecified atom stereocenters. The van der Waals surface area contributed by atoms with Crippen LogP contribution in [0, 0.1) is 13.8 Å². The number of aromatic nitrogens is 2. The number of nitrogens with one attached hydrogen (secondary N) is 4. The number of hydrogen-bond acceptors (Lipinski definition) is 10. The van der Waals surface area contributed by atoms with Crippen LogP contribution in [0.25, 0.3) is 11.1 Å². The van der Waals surface area contributed by atoms with Gasteiger partial charge in [-0.2, -0.15) is 0 Å². The second-order valence-corrected chi connectivity index (χ2v) is 10.6. The highest BCUT2D eigenvalue weighted by Gasteiger charge is 2.16. The van der Waals surface area contributed by atoms with E-state index in [0.29, 0.717) is 23.5 Å². The van der Waals surface area contributed by atoms with Crippen LogP contribution in [-0.2, 0) is 17.9 Å². The van der Waals surface area contributed by atoms with Gasteiger partial charge in [0.15, 0.2) is 0 Å². The predicted molar refractivity (Wildman–Crippen MR) is 176 cm³/mol. The fourth-order valence-electron chi connectivity index (χ4n) is 4.61. The highest BCUT2D eigenvalue weighted by atomic mass is 16.5. The van der Waals surface area contributed by atoms with E-state index in [2.05, 4.69) is 31.2 Å². The van der Waals surface area contributed by atoms with Crippen molar-refractivity contribution in [2.24, 2.45) is 0 Å². The fraction of sp³-hybridized carbons (Fsp3) is 0.265. The van der Waals surface area contributed by atoms with Crippen molar-refractivity contribution in [3.05, 3.63) is 107 Å². The molecule has 0 saturated heterocycles. The maximum absolute atomic E-state index is 13.0. The molecular formula is C34H38N6O7. The highest BCUT2D eigenvalue weighted by Crippen LogP contribution is 2.34. The van der Waals surface area contributed by atoms with E-state index in [1.165, 1.54) is 6.20 Å². The Balaban J connectivity index is 1.42. The van der Waals surface area contributed by atoms with Gasteiger partial charge >= 0.3 is 6.09 Å². The first-order valence-corrected chi connectivity index (χ1v) is 14.9. The molecule has 0 spiro atoms. The van der Waals surface area contributed by atoms with E-state index in [1.807, 2.05) is 44.2 Å². The van der Waals surface area contributed by atoms with Gasteiger partial charge in [0.25, 0.3) is 11.8 Å². The lowest BCUT2D eigenvalue weighted by Gasteiger charge is -2.17. The zero-order valence-electron chi connectivity index (χ0n) is 26.1. The smallest absolute Gasteiger partial charge is 0.407 e. The number of benzene rings is 2. The molecule has 47 heavy (non-hydrogen) atoms. The number of rotatable bonds is 14. The van der Waals surface area contributed by atoms with Gasteiger partial charge in [-0.05, 0) is 65.9 Å². The van der Waals surface area contributed by atoms with Crippen LogP contribution in [-0.4, -0.2) is 75.6 Å². The van der Waals surface area contributed by atoms with Gasteiger partial charge in [-0.25, -0.2) is 4.79 Å². The largest absolute Gasteiger partial charge is 0.445 e. The molecule has 0 fully saturated rings. The maximum Gasteiger partial charge on any atom is 0.407 e. The van der Waals surface area contributed by atoms with Crippen LogP contribution in [0.5, 0.6) is 0 Å². The number of amides is 3. The Bertz CT molecular complexity index is 1680. The van der Waals surface area contributed by atoms with Crippen molar-refractivity contribution in [2.45, 2.75) is 33.0 Å². The van der Waals surface area contributed by atoms with E-state index in [1.54, 1.807) is 36.5 Å². The van der Waals surface area contributed by atoms with Gasteiger partial charge in [0.2, 0.25) is 0 Å². The van der Waals surface area contributed by atoms with Crippen LogP contribution < -0.4 is 21.3 Å². The zero-order valence-corrected chi connectivity index (χ0v) is 26.1. The first kappa shape index (κ1) is 34.7. The van der Waals surface area contributed by atoms with Crippen LogP contribution >= 0.6 is 0 Å². The van der Waals surface area contributed by atoms with Crippen LogP contribution in [0.15, 0.2) is 73.1 Å². The molecule has 246 valence electrons. The topological polar surface area (TPSA) is 195 Å². The standard InChI is InChI=1S/C34H38N6O7/c1-21-26(5-3-7-28(21)39-32(44)30-11-9-23(16-37-30)15-36-25(18-42)19-43)27-6-4-8-29(22(27)2)40-33(45)31-12-10-24(17-38-31)20-47-34(46)35-13-14-41/h3-12,16-17,25,36,41-43H,13-15,18-20H2,1-2H3,(H,35,46)(H,39,44)(H,40,45). The minimum atomic E-state index is -0.663. The summed E-state index contributed by atoms with van der Waals surface area (Å²) < 4.78 is 5.04. The Morgan fingerprint density at radius 3 is 1.74 bits per heavy atom. The summed E-state index contributed by atoms with van der Waals surface area (Å²) >= 11 is 0. The van der Waals surface area contributed by atoms with Gasteiger partial charge in [-0.1, -0.05) is 36.4 Å². The minimum Gasteiger partial charge on any atom is -0.445 e. The van der Waals surface area contributed by atoms with E-state index in [-0.39, 0.29) is 50.3 Å². The Labute approximate surface area is 272 Å². The summed E-state index contributed by atoms with van der Waals surface area (Å²) in [6, 6.07) is 17.3. The molecule has 13 heteroatoms. The van der Waals surface area contributed by atoms with Crippen LogP contribution in [0.2, 0.25) is 0 Å². The van der Waals surface area contributed by atoms with Crippen molar-refractivity contribution in [1.29, 1.82) is 0 Å². The van der Waals surface area contributed by atoms with E-state index in [4.69, 9.17) is 9.84 Å². The normalized spacial score (nSPS) is 10.9. The lowest BCUT2D eigenvalue weighted by molar-refractivity contribution is 0.101. The number of aliphatic hydroxyl groups excluding tert-OH is 3. The number of nitrogens with zero attached hydrogens (tertiary/aromatic N) is 2. The van der Waals surface area contributed by atoms with Crippen LogP contribution in [0.1, 0.15) is 43.2 Å². The zero-order chi connectivity index (χ0) is 33.8. The summed E-state index contributed by atoms with van der Waals surface area (Å²) in [5, 5.41) is 38.4. The van der Waals surface area contributed by atoms with Gasteiger partial charge in [-0.15, -0.1) is 0 Å². The fourth-order valence-corrected chi connectivity index (χ4v) is 4.61. The average Bonchev–Trinajstić information content (AvgIpc) is 3.09. The lowest BCUT2D eigenvalue weighted by atomic mass is 9.94. The second kappa shape index (κ2) is 16.9. The van der Waals surface area contributed by atoms with Gasteiger partial charge < -0.3 is 41.3 Å². The number of carbonyl (C=O) groups excluding carboxylic acids is 3. The van der Waals surface area contributed by atoms with Crippen molar-refractivity contribution in [3.8, 4) is 11.1 Å². The number of ether oxygens (including phenoxy) is 1. The summed E-state index contributed by atoms with van der Waals surface area (Å²) in [4.78, 5) is 46.1. The maximum atomic E-state index is 13.0. The number of pyridine rings is 2. The molecule has 0 aliphatic rings. The molecule has 2 heterocycles. The Hall–Kier alpha value is -5.21. The molecule has 0 saturated carbocycles. The first-order chi connectivity index (χ1) is 22.7. The van der Waals surface area contributed by atoms with Crippen molar-refractivity contribution in [1.82, 2.24) is 20.6 Å². The van der Waals surface area contributed by atoms with E-state index >= 15 is 0 Å². The summed E-state index contributed by atoms with van der Waals surface area (Å²) in [5.41, 5.74) is 6.42. The molecule has 2 aromatic carbocycles. The molecule has 13 nitrogen and oxygen atoms in total. The molecule has 0 atom stereocenters. The van der Waals surface area contributed by atoms with Crippen molar-refractivity contribution in [2.75, 3.05) is 37.0 Å². The summed E-state index contributed by atoms with van der Waals surface area (Å²) in [6.07, 6.45) is 2.36. The van der Waals surface area contributed by atoms with Crippen molar-refractivity contribution < 1.29 is 34.4 Å². The van der Waals surface area contributed by atoms with Crippen molar-refractivity contribution >= 4 is 29.3 Å². The Morgan fingerprint density at radius 2 is 1.28 bits per heavy atom. The molecule has 0 radical (unpaired) electrons. The van der Waals surface area contributed by atoms with Gasteiger partial charge in [-0.3, -0.25) is 19.6 Å². The molecule has 0 aliphatic carbocycles. The number of anilines is 2. The molecule has 2 aromatic heterocycles. The summed E-state index contributed by atoms with van der Waals surface area (Å²) in [5.74, 6) is -0.784. The Morgan fingerprint density at radius 1 is 0.745 bits per heavy atom. The van der Waals surface area contributed by atoms with Crippen LogP contribution in [0.3, 0.4) is 0 Å². The second-order valence-electron chi connectivity index (χ2n) is 10.6. The SMILES string of the molecule is Cc1c(NC(=O)c2ccc(CNC(CO)CO)cn2)cccc1-c1cccc(NC(=O)c2ccc(COC(=O)NCCO)cn2)c1C. The average molecular weight is 643 g/mol. The molecule has 0 aliphatic heterocycles. The Kier molecular flexibility index (Phi) is 12.5. The molecule has 4 rings (SSSR count). The van der Waals surface area contributed by atoms with Crippen molar-refractivity contribution in [3.63, 3.8) is 0 Å². The molecule has 0 bridgehead atoms. The first-order valence-electron chi connectivity index (χ1n) is 14.9. The monoisotopic (exact) mass is 642 g/mol. The molecular weight excluding hydrogens is 604 g/mol. The lowest BCUT2D eigenvalue weighted by Crippen LogP contribution is -2.35. The number of hydrogen-bond donors (Lipinski definition) is 7. The minimum absolute atomic E-state index is 0.0364. The predicted octanol–water partition coefficient (Wildman–Crippen LogP) is 2.93. The third kappa shape index (κ3) is 9.40. The molecule has 3 amide bonds. The number of carbonyl (C=O) groups is 3. The van der Waals surface area contributed by atoms with Gasteiger partial charge in [0.1, 0.15) is 18.0 Å². The van der Waals surface area contributed by atoms with E-state index < -0.39 is 18.0 Å². The molecule has 4 aromatic rings. The number of aliphatic hydroxyl groups is 3. The third-order valence-electron chi connectivity index (χ3n) is 7.36. The van der Waals surface area contributed by atoms with Gasteiger partial charge in [0, 0.05) is 42.4 Å². The number of alkyl carbamates (subject to hydrolysis) is 1. The summed E-state index contributed by atoms with van der Waals surface area (Å²) in [6.45, 7) is 3.66. The third-order valence-corrected chi connectivity index (χ3v) is 7.36. The van der Waals surface area contributed by atoms with E-state index in [9.17, 15) is 24.6 Å². The highest BCUT2D eigenvalue weighted by molar-refractivity contribution is 6.05. The van der Waals surface area contributed by atoms with Gasteiger partial charge in [0.05, 0.1) is 25.9 Å². The quantitative estimate of drug-likeness (QED) is 0.107. The summed E-state index contributed by atoms with van der Waals surface area (Å²) in [7, 11) is 0. The van der Waals surface area contributed by atoms with E-state index in [0.717, 1.165) is 27.8 Å².